The van der Waals surface area contributed by atoms with Crippen molar-refractivity contribution in [1.29, 1.82) is 0 Å². The van der Waals surface area contributed by atoms with Crippen LogP contribution in [0, 0.1) is 17.8 Å². The highest BCUT2D eigenvalue weighted by molar-refractivity contribution is 7.89. The van der Waals surface area contributed by atoms with Crippen LogP contribution in [0.25, 0.3) is 11.1 Å². The van der Waals surface area contributed by atoms with Gasteiger partial charge in [-0.25, -0.2) is 17.9 Å². The second-order valence-corrected chi connectivity index (χ2v) is 36.6. The summed E-state index contributed by atoms with van der Waals surface area (Å²) >= 11 is 14.4. The zero-order valence-corrected chi connectivity index (χ0v) is 74.9. The molecule has 7 aliphatic rings. The standard InChI is InChI=1S/C90H113Cl2N9O28S/c1-8-10-15-28-123-51-19-21-52(22-20-51)130(121,122)96-27-14-12-11-13-26-95-40-56-60(104)38-55-70(77(56)110)54-30-46(16-23-59(54)103)53-37-62(106)71-49-34-65(125-63-24-17-47(31-57(63)91)75(108)73(99-84(115)45(9-2)29-42(3)4)61(105)33-50(36-68(94)107)85(116)97-71)80(66(35-49)126-64-25-18-48(32-58(64)92)76(109)74(100-86(53)117)87(118)98-72(55)88(119)120)129-89-81(79(112)78(111)67(41-102)127-89)128-69-39-90(7,82(113)44(6)124-69)101-83(114)43(5)93/h16-25,30-32,34-35,38,42-45,50,53,67,69,71-76,78-79,81-82,89,95-96,102-104,108-113H,8-15,26-29,33,36-37,39-41,93H2,1-7H3,(H2,94,107)(H,97,116)(H,98,118)(H,99,115)(H,100,117)(H,101,114)(H,119,120)/t43-,44+,45-,50+,53-,67-,69+,71-,72+,73+,74+,75-,76-,78-,79+,81-,82-,89+,90+/m1/s1. The van der Waals surface area contributed by atoms with Crippen LogP contribution in [0.15, 0.2) is 102 Å². The van der Waals surface area contributed by atoms with Crippen LogP contribution in [0.5, 0.6) is 51.7 Å². The summed E-state index contributed by atoms with van der Waals surface area (Å²) in [5.74, 6) is -20.0. The molecule has 21 N–H and O–H groups in total. The van der Waals surface area contributed by atoms with Crippen molar-refractivity contribution in [1.82, 2.24) is 36.6 Å². The van der Waals surface area contributed by atoms with Gasteiger partial charge in [-0.15, -0.1) is 0 Å². The SMILES string of the molecule is CCCCCOc1ccc(S(=O)(=O)NCCCCCCNCc2c(O)cc3c(c2O)-c2cc(ccc2O)[C@H]2CC(=O)[C@@H]4NC(=O)[C@H](CC(N)=O)CC(=O)[C@H](NC(=O)[C@H](CC)CC(C)C)[C@H](O)c5ccc(c(Cl)c5)Oc5cc4cc(c5O[C@@H]4O[C@H](CO)[C@@H](O)[C@H](O)[C@H]4O[C@H]4C[C@](C)(NC(=O)[C@@H](C)N)[C@H](O)[C@H](C)O4)Oc4ccc(cc4Cl)[C@@H](O)[C@H](NC2=O)C(=O)N[C@@H]3C(=O)O)cc1. The molecule has 11 bridgehead atoms. The van der Waals surface area contributed by atoms with E-state index < -0.39 is 271 Å². The normalized spacial score (nSPS) is 25.9. The third-order valence-corrected chi connectivity index (χ3v) is 25.8. The number of hydrogen-bond donors (Lipinski definition) is 19. The minimum Gasteiger partial charge on any atom is -0.507 e. The van der Waals surface area contributed by atoms with Crippen molar-refractivity contribution in [2.24, 2.45) is 29.2 Å². The maximum atomic E-state index is 16.6. The number of carboxylic acids is 1. The summed E-state index contributed by atoms with van der Waals surface area (Å²) in [6.45, 7) is 11.3. The molecule has 0 aliphatic carbocycles. The predicted octanol–water partition coefficient (Wildman–Crippen LogP) is 6.22. The zero-order valence-electron chi connectivity index (χ0n) is 72.6. The molecule has 2 saturated heterocycles. The summed E-state index contributed by atoms with van der Waals surface area (Å²) in [7, 11) is -3.85. The number of carbonyl (C=O) groups excluding carboxylic acids is 8. The number of aliphatic hydroxyl groups excluding tert-OH is 6. The number of nitrogens with one attached hydrogen (secondary N) is 7. The molecule has 6 aromatic carbocycles. The molecular formula is C90H113Cl2N9O28S. The van der Waals surface area contributed by atoms with E-state index >= 15 is 24.0 Å². The average Bonchev–Trinajstić information content (AvgIpc) is 0.735. The minimum absolute atomic E-state index is 0.0477. The van der Waals surface area contributed by atoms with Crippen LogP contribution in [-0.2, 0) is 73.9 Å². The van der Waals surface area contributed by atoms with Crippen molar-refractivity contribution in [2.75, 3.05) is 26.3 Å². The van der Waals surface area contributed by atoms with E-state index in [-0.39, 0.29) is 76.3 Å². The number of carboxylic acid groups (broad SMARTS) is 1. The molecular weight excluding hydrogens is 1760 g/mol. The Morgan fingerprint density at radius 3 is 1.95 bits per heavy atom. The first kappa shape index (κ1) is 100. The molecule has 37 nitrogen and oxygen atoms in total. The Hall–Kier alpha value is -10.4. The van der Waals surface area contributed by atoms with E-state index in [9.17, 15) is 78.7 Å². The van der Waals surface area contributed by atoms with Crippen molar-refractivity contribution in [3.8, 4) is 62.9 Å². The second kappa shape index (κ2) is 43.8. The molecule has 130 heavy (non-hydrogen) atoms. The highest BCUT2D eigenvalue weighted by atomic mass is 35.5. The number of Topliss-reactive ketones (excluding diaryl/α,β-unsaturated/α-hetero) is 2. The molecule has 7 aliphatic heterocycles. The lowest BCUT2D eigenvalue weighted by atomic mass is 9.84. The molecule has 7 heterocycles. The Bertz CT molecular complexity index is 5270. The van der Waals surface area contributed by atoms with Gasteiger partial charge in [0.2, 0.25) is 57.5 Å². The summed E-state index contributed by atoms with van der Waals surface area (Å²) in [6, 6.07) is 9.45. The number of carbonyl (C=O) groups is 9. The van der Waals surface area contributed by atoms with Crippen molar-refractivity contribution in [2.45, 2.75) is 246 Å². The number of benzene rings is 6. The Morgan fingerprint density at radius 1 is 0.700 bits per heavy atom. The first-order chi connectivity index (χ1) is 61.6. The molecule has 0 aromatic heterocycles. The van der Waals surface area contributed by atoms with Crippen LogP contribution in [0.4, 0.5) is 0 Å². The topological polar surface area (TPSA) is 591 Å². The summed E-state index contributed by atoms with van der Waals surface area (Å²) in [4.78, 5) is 134. The molecule has 0 radical (unpaired) electrons. The number of sulfonamides is 1. The van der Waals surface area contributed by atoms with Crippen LogP contribution in [0.3, 0.4) is 0 Å². The van der Waals surface area contributed by atoms with Crippen molar-refractivity contribution >= 4 is 86.2 Å². The fraction of sp³-hybridized carbons (Fsp3) is 0.500. The van der Waals surface area contributed by atoms with Crippen LogP contribution in [0.1, 0.15) is 196 Å². The third kappa shape index (κ3) is 23.7. The van der Waals surface area contributed by atoms with Crippen LogP contribution in [-0.4, -0.2) is 212 Å². The smallest absolute Gasteiger partial charge is 0.330 e. The number of aliphatic hydroxyl groups is 6. The van der Waals surface area contributed by atoms with Gasteiger partial charge in [-0.1, -0.05) is 94.8 Å². The molecule has 40 heteroatoms. The van der Waals surface area contributed by atoms with Gasteiger partial charge in [-0.2, -0.15) is 0 Å². The number of amides is 6. The van der Waals surface area contributed by atoms with Gasteiger partial charge < -0.3 is 128 Å². The summed E-state index contributed by atoms with van der Waals surface area (Å²) in [5, 5.41) is 134. The zero-order chi connectivity index (χ0) is 94.7. The number of fused-ring (bicyclic) bond motifs is 15. The quantitative estimate of drug-likeness (QED) is 0.0215. The molecule has 0 spiro atoms. The fourth-order valence-electron chi connectivity index (χ4n) is 16.5. The lowest BCUT2D eigenvalue weighted by molar-refractivity contribution is -0.334. The molecule has 0 saturated carbocycles. The number of hydrogen-bond acceptors (Lipinski definition) is 29. The molecule has 13 rings (SSSR count). The molecule has 6 amide bonds. The number of aromatic hydroxyl groups is 3. The van der Waals surface area contributed by atoms with Gasteiger partial charge in [0.1, 0.15) is 89.2 Å². The van der Waals surface area contributed by atoms with Crippen LogP contribution < -0.4 is 67.0 Å². The Balaban J connectivity index is 1.04. The maximum Gasteiger partial charge on any atom is 0.330 e. The number of aliphatic carboxylic acids is 1. The summed E-state index contributed by atoms with van der Waals surface area (Å²) in [5.41, 5.74) is 7.23. The number of phenolic OH excluding ortho intramolecular Hbond substituents is 3. The minimum atomic E-state index is -3.85. The maximum absolute atomic E-state index is 16.6. The van der Waals surface area contributed by atoms with Gasteiger partial charge >= 0.3 is 5.97 Å². The first-order valence-electron chi connectivity index (χ1n) is 43.1. The molecule has 6 aromatic rings. The van der Waals surface area contributed by atoms with E-state index in [1.54, 1.807) is 19.1 Å². The number of phenols is 3. The first-order valence-corrected chi connectivity index (χ1v) is 45.3. The van der Waals surface area contributed by atoms with Crippen molar-refractivity contribution in [3.63, 3.8) is 0 Å². The van der Waals surface area contributed by atoms with E-state index in [1.165, 1.54) is 51.1 Å². The lowest BCUT2D eigenvalue weighted by Gasteiger charge is -2.48. The number of unbranched alkanes of at least 4 members (excludes halogenated alkanes) is 5. The number of ether oxygens (including phenoxy) is 7. The average molecular weight is 1870 g/mol. The van der Waals surface area contributed by atoms with E-state index in [4.69, 9.17) is 67.8 Å². The number of rotatable bonds is 31. The van der Waals surface area contributed by atoms with E-state index in [1.807, 2.05) is 13.8 Å². The summed E-state index contributed by atoms with van der Waals surface area (Å²) in [6.07, 6.45) is -16.4. The Labute approximate surface area is 759 Å². The van der Waals surface area contributed by atoms with Crippen LogP contribution in [0.2, 0.25) is 10.0 Å². The Morgan fingerprint density at radius 2 is 1.35 bits per heavy atom. The number of nitrogens with two attached hydrogens (primary N) is 2. The summed E-state index contributed by atoms with van der Waals surface area (Å²) < 4.78 is 73.7. The monoisotopic (exact) mass is 1870 g/mol. The van der Waals surface area contributed by atoms with Gasteiger partial charge in [0.05, 0.1) is 63.2 Å². The van der Waals surface area contributed by atoms with Gasteiger partial charge in [0.25, 0.3) is 0 Å². The Kier molecular flexibility index (Phi) is 33.7. The van der Waals surface area contributed by atoms with Gasteiger partial charge in [-0.3, -0.25) is 38.4 Å². The number of primary amides is 1. The molecule has 706 valence electrons. The second-order valence-electron chi connectivity index (χ2n) is 34.0. The highest BCUT2D eigenvalue weighted by Gasteiger charge is 2.53. The van der Waals surface area contributed by atoms with E-state index in [0.29, 0.717) is 44.5 Å². The number of halogens is 2. The molecule has 2 fully saturated rings. The third-order valence-electron chi connectivity index (χ3n) is 23.7. The van der Waals surface area contributed by atoms with Crippen LogP contribution >= 0.6 is 23.2 Å². The van der Waals surface area contributed by atoms with Crippen molar-refractivity contribution in [3.05, 3.63) is 140 Å². The predicted molar refractivity (Wildman–Crippen MR) is 467 cm³/mol. The number of ketones is 2. The van der Waals surface area contributed by atoms with Crippen molar-refractivity contribution < 1.29 is 136 Å². The van der Waals surface area contributed by atoms with Gasteiger partial charge in [-0.05, 0) is 166 Å². The van der Waals surface area contributed by atoms with E-state index in [0.717, 1.165) is 73.9 Å². The fourth-order valence-corrected chi connectivity index (χ4v) is 18.0. The molecule has 19 atom stereocenters. The van der Waals surface area contributed by atoms with Gasteiger partial charge in [0, 0.05) is 61.4 Å². The lowest BCUT2D eigenvalue weighted by Crippen LogP contribution is -2.67. The highest BCUT2D eigenvalue weighted by Crippen LogP contribution is 2.51. The molecule has 0 unspecified atom stereocenters. The van der Waals surface area contributed by atoms with Gasteiger partial charge in [0.15, 0.2) is 41.5 Å². The largest absolute Gasteiger partial charge is 0.507 e. The van der Waals surface area contributed by atoms with E-state index in [2.05, 4.69) is 43.5 Å².